The van der Waals surface area contributed by atoms with E-state index in [0.717, 1.165) is 16.5 Å². The van der Waals surface area contributed by atoms with Crippen molar-refractivity contribution in [2.24, 2.45) is 0 Å². The maximum absolute atomic E-state index is 5.73. The first-order chi connectivity index (χ1) is 14.5. The lowest BCUT2D eigenvalue weighted by Gasteiger charge is -2.11. The van der Waals surface area contributed by atoms with E-state index in [-0.39, 0.29) is 0 Å². The average Bonchev–Trinajstić information content (AvgIpc) is 2.76. The van der Waals surface area contributed by atoms with Crippen LogP contribution in [0.25, 0.3) is 21.9 Å². The minimum atomic E-state index is 0.553. The van der Waals surface area contributed by atoms with Crippen molar-refractivity contribution in [3.05, 3.63) is 77.6 Å². The minimum absolute atomic E-state index is 0.553. The molecular formula is C23H23ClN4OS. The molecule has 0 saturated heterocycles. The predicted molar refractivity (Wildman–Crippen MR) is 129 cm³/mol. The Balaban J connectivity index is 0.000000239. The number of fused-ring (bicyclic) bond motifs is 1. The number of anilines is 2. The fourth-order valence-electron chi connectivity index (χ4n) is 2.92. The zero-order chi connectivity index (χ0) is 21.5. The smallest absolute Gasteiger partial charge is 0.212 e. The highest BCUT2D eigenvalue weighted by atomic mass is 35.5. The highest BCUT2D eigenvalue weighted by Crippen LogP contribution is 2.30. The summed E-state index contributed by atoms with van der Waals surface area (Å²) in [5.74, 6) is 1.14. The molecule has 0 unspecified atom stereocenters. The molecule has 30 heavy (non-hydrogen) atoms. The molecule has 5 nitrogen and oxygen atoms in total. The monoisotopic (exact) mass is 438 g/mol. The van der Waals surface area contributed by atoms with E-state index >= 15 is 0 Å². The van der Waals surface area contributed by atoms with E-state index in [0.29, 0.717) is 16.7 Å². The number of hydrogen-bond acceptors (Lipinski definition) is 6. The number of ether oxygens (including phenoxy) is 1. The Morgan fingerprint density at radius 3 is 2.50 bits per heavy atom. The fourth-order valence-corrected chi connectivity index (χ4v) is 3.40. The van der Waals surface area contributed by atoms with Crippen LogP contribution in [0, 0.1) is 6.92 Å². The zero-order valence-electron chi connectivity index (χ0n) is 17.0. The number of nitrogens with zero attached hydrogens (tertiary/aromatic N) is 2. The van der Waals surface area contributed by atoms with Gasteiger partial charge in [0.15, 0.2) is 0 Å². The fraction of sp³-hybridized carbons (Fsp3) is 0.130. The largest absolute Gasteiger partial charge is 0.481 e. The van der Waals surface area contributed by atoms with Crippen molar-refractivity contribution in [2.45, 2.75) is 6.92 Å². The number of aryl methyl sites for hydroxylation is 1. The summed E-state index contributed by atoms with van der Waals surface area (Å²) in [5, 5.41) is 2.84. The lowest BCUT2D eigenvalue weighted by Crippen LogP contribution is -1.91. The summed E-state index contributed by atoms with van der Waals surface area (Å²) in [5.41, 5.74) is 10.5. The van der Waals surface area contributed by atoms with Gasteiger partial charge in [-0.3, -0.25) is 0 Å². The van der Waals surface area contributed by atoms with Crippen LogP contribution in [0.1, 0.15) is 5.56 Å². The molecule has 2 aromatic heterocycles. The summed E-state index contributed by atoms with van der Waals surface area (Å²) < 4.78 is 8.08. The lowest BCUT2D eigenvalue weighted by molar-refractivity contribution is 0.398. The molecule has 4 aromatic rings. The molecule has 0 aliphatic carbocycles. The van der Waals surface area contributed by atoms with Gasteiger partial charge >= 0.3 is 0 Å². The Kier molecular flexibility index (Phi) is 7.38. The van der Waals surface area contributed by atoms with E-state index in [1.807, 2.05) is 18.5 Å². The van der Waals surface area contributed by atoms with Gasteiger partial charge in [-0.2, -0.15) is 0 Å². The van der Waals surface area contributed by atoms with Crippen molar-refractivity contribution in [1.29, 1.82) is 0 Å². The van der Waals surface area contributed by atoms with E-state index < -0.39 is 0 Å². The molecule has 0 aliphatic rings. The number of nitrogens with one attached hydrogen (secondary N) is 1. The van der Waals surface area contributed by atoms with Crippen LogP contribution < -0.4 is 15.2 Å². The van der Waals surface area contributed by atoms with E-state index in [2.05, 4.69) is 58.0 Å². The van der Waals surface area contributed by atoms with Gasteiger partial charge in [-0.05, 0) is 59.3 Å². The van der Waals surface area contributed by atoms with Crippen molar-refractivity contribution in [2.75, 3.05) is 23.8 Å². The van der Waals surface area contributed by atoms with E-state index in [4.69, 9.17) is 22.1 Å². The maximum atomic E-state index is 5.73. The first-order valence-corrected chi connectivity index (χ1v) is 10.8. The standard InChI is InChI=1S/C17H17N3S.C6H6ClNO/c1-11-3-6-15(20-21-2)9-16(11)13-5-4-12-8-17(18)19-10-14(12)7-13;1-9-6-3-2-5(7)4-8-6/h3-10,20H,1-2H3,(H2,18,19);2-4H,1H3. The number of pyridine rings is 2. The van der Waals surface area contributed by atoms with Crippen LogP contribution in [-0.2, 0) is 0 Å². The molecule has 2 aromatic carbocycles. The Bertz CT molecular complexity index is 1140. The SMILES string of the molecule is COc1ccc(Cl)cn1.CSNc1ccc(C)c(-c2ccc3cc(N)ncc3c2)c1. The summed E-state index contributed by atoms with van der Waals surface area (Å²) >= 11 is 7.15. The first-order valence-electron chi connectivity index (χ1n) is 9.21. The van der Waals surface area contributed by atoms with Crippen molar-refractivity contribution in [3.8, 4) is 17.0 Å². The van der Waals surface area contributed by atoms with Crippen LogP contribution in [0.2, 0.25) is 5.02 Å². The predicted octanol–water partition coefficient (Wildman–Crippen LogP) is 6.23. The molecule has 3 N–H and O–H groups in total. The molecule has 0 radical (unpaired) electrons. The van der Waals surface area contributed by atoms with Crippen LogP contribution in [-0.4, -0.2) is 23.3 Å². The van der Waals surface area contributed by atoms with E-state index in [9.17, 15) is 0 Å². The summed E-state index contributed by atoms with van der Waals surface area (Å²) in [7, 11) is 1.57. The third-order valence-corrected chi connectivity index (χ3v) is 5.08. The van der Waals surface area contributed by atoms with Crippen LogP contribution in [0.5, 0.6) is 5.88 Å². The van der Waals surface area contributed by atoms with E-state index in [1.165, 1.54) is 16.7 Å². The molecule has 4 rings (SSSR count). The van der Waals surface area contributed by atoms with Gasteiger partial charge in [-0.25, -0.2) is 9.97 Å². The summed E-state index contributed by atoms with van der Waals surface area (Å²) in [6, 6.07) is 18.1. The molecule has 154 valence electrons. The van der Waals surface area contributed by atoms with Crippen molar-refractivity contribution >= 4 is 45.8 Å². The van der Waals surface area contributed by atoms with Gasteiger partial charge in [0.1, 0.15) is 5.82 Å². The number of nitrogens with two attached hydrogens (primary N) is 1. The minimum Gasteiger partial charge on any atom is -0.481 e. The quantitative estimate of drug-likeness (QED) is 0.368. The summed E-state index contributed by atoms with van der Waals surface area (Å²) in [6.45, 7) is 2.13. The molecular weight excluding hydrogens is 416 g/mol. The third-order valence-electron chi connectivity index (χ3n) is 4.42. The normalized spacial score (nSPS) is 10.3. The lowest BCUT2D eigenvalue weighted by atomic mass is 9.98. The second-order valence-electron chi connectivity index (χ2n) is 6.53. The second-order valence-corrected chi connectivity index (χ2v) is 7.57. The highest BCUT2D eigenvalue weighted by Gasteiger charge is 2.05. The van der Waals surface area contributed by atoms with Crippen molar-refractivity contribution in [3.63, 3.8) is 0 Å². The highest BCUT2D eigenvalue weighted by molar-refractivity contribution is 7.99. The Morgan fingerprint density at radius 2 is 1.80 bits per heavy atom. The van der Waals surface area contributed by atoms with Crippen LogP contribution in [0.4, 0.5) is 11.5 Å². The molecule has 0 aliphatic heterocycles. The van der Waals surface area contributed by atoms with Gasteiger partial charge in [0, 0.05) is 35.8 Å². The van der Waals surface area contributed by atoms with Crippen LogP contribution in [0.3, 0.4) is 0 Å². The molecule has 2 heterocycles. The number of hydrogen-bond donors (Lipinski definition) is 2. The van der Waals surface area contributed by atoms with Crippen molar-refractivity contribution in [1.82, 2.24) is 9.97 Å². The average molecular weight is 439 g/mol. The van der Waals surface area contributed by atoms with Gasteiger partial charge in [0.25, 0.3) is 0 Å². The van der Waals surface area contributed by atoms with E-state index in [1.54, 1.807) is 37.4 Å². The molecule has 0 atom stereocenters. The number of nitrogen functional groups attached to an aromatic ring is 1. The number of benzene rings is 2. The number of rotatable bonds is 4. The summed E-state index contributed by atoms with van der Waals surface area (Å²) in [4.78, 5) is 8.02. The molecule has 7 heteroatoms. The van der Waals surface area contributed by atoms with Gasteiger partial charge in [0.2, 0.25) is 5.88 Å². The number of aromatic nitrogens is 2. The molecule has 0 saturated carbocycles. The number of methoxy groups -OCH3 is 1. The molecule has 0 amide bonds. The Hall–Kier alpha value is -2.96. The molecule has 0 fully saturated rings. The van der Waals surface area contributed by atoms with Crippen molar-refractivity contribution < 1.29 is 4.74 Å². The van der Waals surface area contributed by atoms with Gasteiger partial charge in [-0.15, -0.1) is 0 Å². The molecule has 0 spiro atoms. The Labute approximate surface area is 185 Å². The Morgan fingerprint density at radius 1 is 0.967 bits per heavy atom. The number of halogens is 1. The molecule has 0 bridgehead atoms. The first kappa shape index (κ1) is 21.7. The topological polar surface area (TPSA) is 73.1 Å². The third kappa shape index (κ3) is 5.55. The summed E-state index contributed by atoms with van der Waals surface area (Å²) in [6.07, 6.45) is 5.39. The van der Waals surface area contributed by atoms with Gasteiger partial charge < -0.3 is 15.2 Å². The zero-order valence-corrected chi connectivity index (χ0v) is 18.6. The maximum Gasteiger partial charge on any atom is 0.212 e. The van der Waals surface area contributed by atoms with Crippen LogP contribution >= 0.6 is 23.5 Å². The second kappa shape index (κ2) is 10.2. The van der Waals surface area contributed by atoms with Gasteiger partial charge in [0.05, 0.1) is 12.1 Å². The van der Waals surface area contributed by atoms with Gasteiger partial charge in [-0.1, -0.05) is 41.7 Å². The van der Waals surface area contributed by atoms with Crippen LogP contribution in [0.15, 0.2) is 67.0 Å².